The van der Waals surface area contributed by atoms with Gasteiger partial charge in [-0.3, -0.25) is 9.69 Å². The van der Waals surface area contributed by atoms with Crippen molar-refractivity contribution in [2.75, 3.05) is 19.7 Å². The van der Waals surface area contributed by atoms with Crippen LogP contribution in [0.4, 0.5) is 0 Å². The molecule has 2 bridgehead atoms. The SMILES string of the molecule is C[C@@H]1CN2C[C@H]3CCC4=C5C(=CC6=C5[C@@]3(C)C2C[C@@]1(O)C6=O)CCO4. The quantitative estimate of drug-likeness (QED) is 0.736. The van der Waals surface area contributed by atoms with Crippen molar-refractivity contribution < 1.29 is 14.6 Å². The zero-order chi connectivity index (χ0) is 17.1. The van der Waals surface area contributed by atoms with E-state index in [1.807, 2.05) is 6.92 Å². The van der Waals surface area contributed by atoms with Gasteiger partial charge < -0.3 is 9.84 Å². The van der Waals surface area contributed by atoms with Gasteiger partial charge in [-0.15, -0.1) is 0 Å². The molecule has 0 spiro atoms. The lowest BCUT2D eigenvalue weighted by atomic mass is 9.65. The Morgan fingerprint density at radius 3 is 3.00 bits per heavy atom. The van der Waals surface area contributed by atoms with Crippen LogP contribution in [0.5, 0.6) is 0 Å². The van der Waals surface area contributed by atoms with Crippen LogP contribution >= 0.6 is 0 Å². The van der Waals surface area contributed by atoms with Crippen LogP contribution in [0.25, 0.3) is 0 Å². The van der Waals surface area contributed by atoms with Crippen molar-refractivity contribution >= 4 is 5.78 Å². The summed E-state index contributed by atoms with van der Waals surface area (Å²) in [6.45, 7) is 7.05. The monoisotopic (exact) mass is 339 g/mol. The molecule has 1 N–H and O–H groups in total. The molecule has 0 aromatic rings. The maximum atomic E-state index is 13.5. The maximum absolute atomic E-state index is 13.5. The molecule has 25 heavy (non-hydrogen) atoms. The molecule has 0 radical (unpaired) electrons. The Labute approximate surface area is 148 Å². The summed E-state index contributed by atoms with van der Waals surface area (Å²) in [7, 11) is 0. The van der Waals surface area contributed by atoms with Gasteiger partial charge in [-0.1, -0.05) is 13.8 Å². The molecule has 0 saturated carbocycles. The highest BCUT2D eigenvalue weighted by Gasteiger charge is 2.65. The molecule has 3 aliphatic carbocycles. The van der Waals surface area contributed by atoms with E-state index < -0.39 is 5.60 Å². The van der Waals surface area contributed by atoms with E-state index >= 15 is 0 Å². The van der Waals surface area contributed by atoms with Gasteiger partial charge in [0.15, 0.2) is 5.78 Å². The number of hydrogen-bond donors (Lipinski definition) is 1. The molecule has 4 nitrogen and oxygen atoms in total. The second-order valence-electron chi connectivity index (χ2n) is 9.20. The Morgan fingerprint density at radius 2 is 2.16 bits per heavy atom. The largest absolute Gasteiger partial charge is 0.497 e. The summed E-state index contributed by atoms with van der Waals surface area (Å²) >= 11 is 0. The van der Waals surface area contributed by atoms with Gasteiger partial charge in [0.25, 0.3) is 0 Å². The molecule has 2 fully saturated rings. The maximum Gasteiger partial charge on any atom is 0.195 e. The van der Waals surface area contributed by atoms with Gasteiger partial charge in [0, 0.05) is 60.9 Å². The van der Waals surface area contributed by atoms with E-state index in [0.717, 1.165) is 50.3 Å². The Bertz CT molecular complexity index is 821. The number of ether oxygens (including phenoxy) is 1. The van der Waals surface area contributed by atoms with Crippen LogP contribution in [0.1, 0.15) is 39.5 Å². The fraction of sp³-hybridized carbons (Fsp3) is 0.667. The first-order valence-corrected chi connectivity index (χ1v) is 9.78. The van der Waals surface area contributed by atoms with Crippen LogP contribution in [-0.4, -0.2) is 47.1 Å². The highest BCUT2D eigenvalue weighted by Crippen LogP contribution is 2.63. The lowest BCUT2D eigenvalue weighted by Gasteiger charge is -2.47. The number of fused-ring (bicyclic) bond motifs is 1. The summed E-state index contributed by atoms with van der Waals surface area (Å²) in [6.07, 6.45) is 5.67. The molecule has 6 rings (SSSR count). The van der Waals surface area contributed by atoms with Gasteiger partial charge in [0.1, 0.15) is 11.4 Å². The third-order valence-electron chi connectivity index (χ3n) is 8.25. The highest BCUT2D eigenvalue weighted by molar-refractivity contribution is 6.08. The summed E-state index contributed by atoms with van der Waals surface area (Å²) in [4.78, 5) is 16.1. The number of rotatable bonds is 0. The standard InChI is InChI=1S/C21H25NO3/c1-11-9-22-10-13-3-4-15-17-12(5-6-25-15)7-14-18(17)20(13,2)16(22)8-21(11,24)19(14)23/h7,11,13,16,24H,3-6,8-10H2,1-2H3/t11-,13-,16?,20-,21+/m1/s1. The molecule has 0 aromatic heterocycles. The van der Waals surface area contributed by atoms with Crippen LogP contribution in [0.15, 0.2) is 34.1 Å². The molecule has 3 heterocycles. The first-order valence-electron chi connectivity index (χ1n) is 9.78. The molecule has 5 atom stereocenters. The van der Waals surface area contributed by atoms with E-state index in [1.165, 1.54) is 16.7 Å². The van der Waals surface area contributed by atoms with E-state index in [9.17, 15) is 9.90 Å². The van der Waals surface area contributed by atoms with Gasteiger partial charge in [-0.25, -0.2) is 0 Å². The number of piperidine rings is 1. The topological polar surface area (TPSA) is 49.8 Å². The van der Waals surface area contributed by atoms with Crippen LogP contribution in [0.2, 0.25) is 0 Å². The van der Waals surface area contributed by atoms with Gasteiger partial charge in [-0.05, 0) is 29.6 Å². The first-order chi connectivity index (χ1) is 11.9. The number of ketones is 1. The molecule has 1 unspecified atom stereocenters. The number of carbonyl (C=O) groups is 1. The number of nitrogens with zero attached hydrogens (tertiary/aromatic N) is 1. The van der Waals surface area contributed by atoms with Crippen LogP contribution < -0.4 is 0 Å². The van der Waals surface area contributed by atoms with E-state index in [0.29, 0.717) is 12.3 Å². The van der Waals surface area contributed by atoms with E-state index in [4.69, 9.17) is 4.74 Å². The molecule has 3 aliphatic heterocycles. The predicted molar refractivity (Wildman–Crippen MR) is 92.6 cm³/mol. The van der Waals surface area contributed by atoms with Crippen molar-refractivity contribution in [1.82, 2.24) is 4.90 Å². The number of aliphatic hydroxyl groups is 1. The normalized spacial score (nSPS) is 47.6. The van der Waals surface area contributed by atoms with Crippen LogP contribution in [0, 0.1) is 17.3 Å². The van der Waals surface area contributed by atoms with Crippen molar-refractivity contribution in [3.8, 4) is 0 Å². The second-order valence-corrected chi connectivity index (χ2v) is 9.20. The van der Waals surface area contributed by atoms with E-state index in [1.54, 1.807) is 0 Å². The second kappa shape index (κ2) is 4.29. The average molecular weight is 339 g/mol. The fourth-order valence-corrected chi connectivity index (χ4v) is 6.83. The Kier molecular flexibility index (Phi) is 2.53. The molecular weight excluding hydrogens is 314 g/mol. The number of Topliss-reactive ketones (excluding diaryl/α,β-unsaturated/α-hetero) is 1. The zero-order valence-corrected chi connectivity index (χ0v) is 15.0. The van der Waals surface area contributed by atoms with Crippen molar-refractivity contribution in [3.05, 3.63) is 34.1 Å². The average Bonchev–Trinajstić information content (AvgIpc) is 3.04. The number of allylic oxidation sites excluding steroid dienone is 3. The van der Waals surface area contributed by atoms with Crippen molar-refractivity contribution in [3.63, 3.8) is 0 Å². The molecule has 132 valence electrons. The Hall–Kier alpha value is -1.39. The lowest BCUT2D eigenvalue weighted by Crippen LogP contribution is -2.58. The smallest absolute Gasteiger partial charge is 0.195 e. The number of hydrogen-bond acceptors (Lipinski definition) is 4. The minimum atomic E-state index is -1.21. The number of carbonyl (C=O) groups excluding carboxylic acids is 1. The zero-order valence-electron chi connectivity index (χ0n) is 15.0. The third kappa shape index (κ3) is 1.48. The fourth-order valence-electron chi connectivity index (χ4n) is 6.83. The summed E-state index contributed by atoms with van der Waals surface area (Å²) in [5.74, 6) is 1.59. The van der Waals surface area contributed by atoms with Gasteiger partial charge in [0.05, 0.1) is 6.61 Å². The summed E-state index contributed by atoms with van der Waals surface area (Å²) in [6, 6.07) is 0.261. The van der Waals surface area contributed by atoms with Gasteiger partial charge >= 0.3 is 0 Å². The van der Waals surface area contributed by atoms with E-state index in [2.05, 4.69) is 17.9 Å². The van der Waals surface area contributed by atoms with Gasteiger partial charge in [-0.2, -0.15) is 0 Å². The lowest BCUT2D eigenvalue weighted by molar-refractivity contribution is -0.147. The molecule has 6 aliphatic rings. The van der Waals surface area contributed by atoms with Crippen LogP contribution in [0.3, 0.4) is 0 Å². The van der Waals surface area contributed by atoms with Gasteiger partial charge in [0.2, 0.25) is 0 Å². The van der Waals surface area contributed by atoms with Crippen molar-refractivity contribution in [2.45, 2.75) is 51.2 Å². The summed E-state index contributed by atoms with van der Waals surface area (Å²) < 4.78 is 6.07. The third-order valence-corrected chi connectivity index (χ3v) is 8.25. The Balaban J connectivity index is 1.70. The summed E-state index contributed by atoms with van der Waals surface area (Å²) in [5.41, 5.74) is 3.29. The van der Waals surface area contributed by atoms with Crippen molar-refractivity contribution in [2.24, 2.45) is 17.3 Å². The predicted octanol–water partition coefficient (Wildman–Crippen LogP) is 2.35. The van der Waals surface area contributed by atoms with Crippen molar-refractivity contribution in [1.29, 1.82) is 0 Å². The highest BCUT2D eigenvalue weighted by atomic mass is 16.5. The molecule has 0 aromatic carbocycles. The molecule has 2 saturated heterocycles. The summed E-state index contributed by atoms with van der Waals surface area (Å²) in [5, 5.41) is 11.5. The molecule has 0 amide bonds. The first kappa shape index (κ1) is 14.7. The van der Waals surface area contributed by atoms with E-state index in [-0.39, 0.29) is 23.2 Å². The minimum absolute atomic E-state index is 0.0161. The molecular formula is C21H25NO3. The van der Waals surface area contributed by atoms with Crippen LogP contribution in [-0.2, 0) is 9.53 Å². The minimum Gasteiger partial charge on any atom is -0.497 e. The molecule has 4 heteroatoms. The Morgan fingerprint density at radius 1 is 1.32 bits per heavy atom.